The van der Waals surface area contributed by atoms with Crippen molar-refractivity contribution < 1.29 is 4.79 Å². The minimum absolute atomic E-state index is 0.210. The fraction of sp³-hybridized carbons (Fsp3) is 0.346. The van der Waals surface area contributed by atoms with Crippen molar-refractivity contribution in [3.8, 4) is 11.4 Å². The number of nitrogens with zero attached hydrogens (tertiary/aromatic N) is 7. The molecule has 0 atom stereocenters. The first kappa shape index (κ1) is 21.7. The van der Waals surface area contributed by atoms with E-state index in [1.165, 1.54) is 12.8 Å². The van der Waals surface area contributed by atoms with Gasteiger partial charge in [-0.05, 0) is 57.2 Å². The summed E-state index contributed by atoms with van der Waals surface area (Å²) >= 11 is 0. The molecule has 0 aromatic carbocycles. The van der Waals surface area contributed by atoms with Crippen LogP contribution < -0.4 is 10.2 Å². The Bertz CT molecular complexity index is 1400. The van der Waals surface area contributed by atoms with Crippen LogP contribution >= 0.6 is 0 Å². The molecule has 6 rings (SSSR count). The van der Waals surface area contributed by atoms with E-state index in [4.69, 9.17) is 4.98 Å². The molecule has 4 aromatic heterocycles. The lowest BCUT2D eigenvalue weighted by molar-refractivity contribution is 0.0900. The smallest absolute Gasteiger partial charge is 0.257 e. The Hall–Kier alpha value is -3.85. The zero-order chi connectivity index (χ0) is 24.0. The number of aryl methyl sites for hydroxylation is 1. The predicted octanol–water partition coefficient (Wildman–Crippen LogP) is 3.21. The van der Waals surface area contributed by atoms with Crippen LogP contribution in [0.1, 0.15) is 23.2 Å². The zero-order valence-electron chi connectivity index (χ0n) is 20.0. The molecule has 35 heavy (non-hydrogen) atoms. The van der Waals surface area contributed by atoms with E-state index in [0.29, 0.717) is 16.8 Å². The number of carbonyl (C=O) groups is 1. The first-order valence-corrected chi connectivity index (χ1v) is 11.9. The van der Waals surface area contributed by atoms with Crippen LogP contribution in [0, 0.1) is 5.41 Å². The van der Waals surface area contributed by atoms with Crippen molar-refractivity contribution in [2.75, 3.05) is 43.4 Å². The van der Waals surface area contributed by atoms with E-state index in [1.54, 1.807) is 37.1 Å². The topological polar surface area (TPSA) is 92.1 Å². The molecule has 1 amide bonds. The molecule has 0 aliphatic carbocycles. The first-order valence-electron chi connectivity index (χ1n) is 11.9. The number of imidazole rings is 1. The van der Waals surface area contributed by atoms with Gasteiger partial charge in [0.15, 0.2) is 0 Å². The molecule has 2 fully saturated rings. The minimum Gasteiger partial charge on any atom is -0.355 e. The summed E-state index contributed by atoms with van der Waals surface area (Å²) in [4.78, 5) is 35.6. The van der Waals surface area contributed by atoms with E-state index in [-0.39, 0.29) is 5.91 Å². The average Bonchev–Trinajstić information content (AvgIpc) is 3.28. The maximum absolute atomic E-state index is 13.0. The van der Waals surface area contributed by atoms with Crippen molar-refractivity contribution in [2.45, 2.75) is 12.8 Å². The third kappa shape index (κ3) is 4.12. The zero-order valence-corrected chi connectivity index (χ0v) is 20.0. The van der Waals surface area contributed by atoms with Gasteiger partial charge < -0.3 is 19.7 Å². The molecule has 2 aliphatic rings. The van der Waals surface area contributed by atoms with Crippen molar-refractivity contribution in [1.29, 1.82) is 0 Å². The van der Waals surface area contributed by atoms with Gasteiger partial charge in [0.1, 0.15) is 11.6 Å². The predicted molar refractivity (Wildman–Crippen MR) is 135 cm³/mol. The van der Waals surface area contributed by atoms with E-state index < -0.39 is 0 Å². The molecule has 1 spiro atoms. The monoisotopic (exact) mass is 468 g/mol. The second-order valence-electron chi connectivity index (χ2n) is 9.86. The molecule has 6 heterocycles. The van der Waals surface area contributed by atoms with Crippen molar-refractivity contribution in [3.05, 3.63) is 60.8 Å². The Morgan fingerprint density at radius 2 is 1.86 bits per heavy atom. The molecule has 1 N–H and O–H groups in total. The Morgan fingerprint density at radius 3 is 2.63 bits per heavy atom. The number of aromatic nitrogens is 5. The molecule has 0 radical (unpaired) electrons. The molecule has 2 aliphatic heterocycles. The summed E-state index contributed by atoms with van der Waals surface area (Å²) in [6.45, 7) is 4.33. The lowest BCUT2D eigenvalue weighted by Gasteiger charge is -2.54. The molecular formula is C26H28N8O. The number of rotatable bonds is 4. The summed E-state index contributed by atoms with van der Waals surface area (Å²) in [6.07, 6.45) is 9.42. The van der Waals surface area contributed by atoms with Crippen LogP contribution in [-0.4, -0.2) is 68.5 Å². The van der Waals surface area contributed by atoms with Crippen molar-refractivity contribution in [1.82, 2.24) is 29.4 Å². The van der Waals surface area contributed by atoms with Crippen molar-refractivity contribution in [3.63, 3.8) is 0 Å². The summed E-state index contributed by atoms with van der Waals surface area (Å²) in [5.41, 5.74) is 3.47. The van der Waals surface area contributed by atoms with Crippen LogP contribution in [0.15, 0.2) is 55.2 Å². The standard InChI is InChI=1S/C26H28N8O/c1-32-9-6-26(7-10-32)15-34(16-26)24-11-18(5-8-28-24)25(35)31-23-12-21-19(13-29-23)3-4-20(30-21)22-14-27-17-33(22)2/h3-5,8,11-14,17H,6-7,9-10,15-16H2,1-2H3,(H,29,31,35). The number of hydrogen-bond acceptors (Lipinski definition) is 7. The summed E-state index contributed by atoms with van der Waals surface area (Å²) in [5, 5.41) is 3.82. The van der Waals surface area contributed by atoms with Gasteiger partial charge in [0.05, 0.1) is 29.4 Å². The second kappa shape index (κ2) is 8.42. The molecule has 4 aromatic rings. The maximum Gasteiger partial charge on any atom is 0.257 e. The van der Waals surface area contributed by atoms with E-state index >= 15 is 0 Å². The SMILES string of the molecule is CN1CCC2(CC1)CN(c1cc(C(=O)Nc3cc4nc(-c5cncn5C)ccc4cn3)ccn1)C2. The Morgan fingerprint density at radius 1 is 1.03 bits per heavy atom. The summed E-state index contributed by atoms with van der Waals surface area (Å²) in [5.74, 6) is 1.11. The third-order valence-corrected chi connectivity index (χ3v) is 7.33. The molecule has 0 unspecified atom stereocenters. The van der Waals surface area contributed by atoms with Gasteiger partial charge in [-0.15, -0.1) is 0 Å². The van der Waals surface area contributed by atoms with Gasteiger partial charge in [0.2, 0.25) is 0 Å². The van der Waals surface area contributed by atoms with Crippen molar-refractivity contribution in [2.24, 2.45) is 12.5 Å². The molecule has 9 nitrogen and oxygen atoms in total. The minimum atomic E-state index is -0.210. The fourth-order valence-electron chi connectivity index (χ4n) is 5.09. The lowest BCUT2D eigenvalue weighted by Crippen LogP contribution is -2.60. The largest absolute Gasteiger partial charge is 0.355 e. The van der Waals surface area contributed by atoms with Crippen LogP contribution in [0.25, 0.3) is 22.3 Å². The van der Waals surface area contributed by atoms with Gasteiger partial charge in [-0.1, -0.05) is 0 Å². The molecule has 0 saturated carbocycles. The summed E-state index contributed by atoms with van der Waals surface area (Å²) in [6, 6.07) is 9.33. The van der Waals surface area contributed by atoms with E-state index in [9.17, 15) is 4.79 Å². The quantitative estimate of drug-likeness (QED) is 0.492. The number of anilines is 2. The Balaban J connectivity index is 1.17. The molecular weight excluding hydrogens is 440 g/mol. The van der Waals surface area contributed by atoms with Crippen LogP contribution in [0.3, 0.4) is 0 Å². The maximum atomic E-state index is 13.0. The number of pyridine rings is 3. The fourth-order valence-corrected chi connectivity index (χ4v) is 5.09. The highest BCUT2D eigenvalue weighted by Crippen LogP contribution is 2.41. The van der Waals surface area contributed by atoms with Crippen LogP contribution in [0.5, 0.6) is 0 Å². The number of hydrogen-bond donors (Lipinski definition) is 1. The highest BCUT2D eigenvalue weighted by atomic mass is 16.1. The number of piperidine rings is 1. The lowest BCUT2D eigenvalue weighted by atomic mass is 9.72. The Labute approximate surface area is 203 Å². The molecule has 9 heteroatoms. The number of amides is 1. The summed E-state index contributed by atoms with van der Waals surface area (Å²) in [7, 11) is 4.12. The average molecular weight is 469 g/mol. The van der Waals surface area contributed by atoms with Gasteiger partial charge in [-0.25, -0.2) is 19.9 Å². The molecule has 178 valence electrons. The van der Waals surface area contributed by atoms with E-state index in [2.05, 4.69) is 37.1 Å². The van der Waals surface area contributed by atoms with Gasteiger partial charge in [-0.3, -0.25) is 4.79 Å². The van der Waals surface area contributed by atoms with E-state index in [1.807, 2.05) is 29.8 Å². The van der Waals surface area contributed by atoms with Gasteiger partial charge >= 0.3 is 0 Å². The number of fused-ring (bicyclic) bond motifs is 1. The highest BCUT2D eigenvalue weighted by Gasteiger charge is 2.44. The normalized spacial score (nSPS) is 17.5. The van der Waals surface area contributed by atoms with Gasteiger partial charge in [0.25, 0.3) is 5.91 Å². The molecule has 0 bridgehead atoms. The second-order valence-corrected chi connectivity index (χ2v) is 9.86. The van der Waals surface area contributed by atoms with Crippen LogP contribution in [0.2, 0.25) is 0 Å². The number of carbonyl (C=O) groups excluding carboxylic acids is 1. The number of likely N-dealkylation sites (tertiary alicyclic amines) is 1. The van der Waals surface area contributed by atoms with Crippen LogP contribution in [-0.2, 0) is 7.05 Å². The Kier molecular flexibility index (Phi) is 5.21. The number of nitrogens with one attached hydrogen (secondary N) is 1. The van der Waals surface area contributed by atoms with Crippen molar-refractivity contribution >= 4 is 28.4 Å². The van der Waals surface area contributed by atoms with E-state index in [0.717, 1.165) is 54.3 Å². The molecule has 2 saturated heterocycles. The third-order valence-electron chi connectivity index (χ3n) is 7.33. The summed E-state index contributed by atoms with van der Waals surface area (Å²) < 4.78 is 1.92. The highest BCUT2D eigenvalue weighted by molar-refractivity contribution is 6.04. The van der Waals surface area contributed by atoms with Crippen LogP contribution in [0.4, 0.5) is 11.6 Å². The first-order chi connectivity index (χ1) is 17.0. The van der Waals surface area contributed by atoms with Gasteiger partial charge in [0, 0.05) is 55.0 Å². The van der Waals surface area contributed by atoms with Gasteiger partial charge in [-0.2, -0.15) is 0 Å².